The molecule has 0 unspecified atom stereocenters. The molecule has 2 heterocycles. The first kappa shape index (κ1) is 8.96. The predicted octanol–water partition coefficient (Wildman–Crippen LogP) is 0.433. The molecule has 5 nitrogen and oxygen atoms in total. The Bertz CT molecular complexity index is 376. The highest BCUT2D eigenvalue weighted by Crippen LogP contribution is 1.95. The van der Waals surface area contributed by atoms with Crippen LogP contribution in [0.5, 0.6) is 0 Å². The average Bonchev–Trinajstić information content (AvgIpc) is 2.78. The summed E-state index contributed by atoms with van der Waals surface area (Å²) in [7, 11) is 1.98. The Kier molecular flexibility index (Phi) is 2.60. The Balaban J connectivity index is 1.81. The number of nitrogens with one attached hydrogen (secondary N) is 2. The summed E-state index contributed by atoms with van der Waals surface area (Å²) in [5, 5.41) is 3.28. The van der Waals surface area contributed by atoms with E-state index >= 15 is 0 Å². The van der Waals surface area contributed by atoms with Gasteiger partial charge in [0.25, 0.3) is 0 Å². The maximum atomic E-state index is 4.12. The van der Waals surface area contributed by atoms with Crippen molar-refractivity contribution in [1.29, 1.82) is 0 Å². The molecule has 0 bridgehead atoms. The molecule has 2 N–H and O–H groups in total. The van der Waals surface area contributed by atoms with Gasteiger partial charge in [-0.15, -0.1) is 0 Å². The molecule has 0 atom stereocenters. The molecule has 14 heavy (non-hydrogen) atoms. The first-order valence-corrected chi connectivity index (χ1v) is 4.50. The number of aromatic nitrogens is 4. The summed E-state index contributed by atoms with van der Waals surface area (Å²) in [6, 6.07) is 0. The van der Waals surface area contributed by atoms with Crippen LogP contribution in [0.15, 0.2) is 24.9 Å². The molecule has 0 saturated heterocycles. The van der Waals surface area contributed by atoms with Crippen molar-refractivity contribution in [2.75, 3.05) is 0 Å². The highest BCUT2D eigenvalue weighted by Gasteiger charge is 1.98. The second kappa shape index (κ2) is 4.06. The van der Waals surface area contributed by atoms with E-state index in [2.05, 4.69) is 20.3 Å². The van der Waals surface area contributed by atoms with E-state index in [-0.39, 0.29) is 0 Å². The number of aryl methyl sites for hydroxylation is 1. The zero-order chi connectivity index (χ0) is 9.80. The number of hydrogen-bond donors (Lipinski definition) is 2. The Hall–Kier alpha value is -1.62. The molecule has 5 heteroatoms. The minimum absolute atomic E-state index is 0.748. The van der Waals surface area contributed by atoms with Crippen molar-refractivity contribution in [3.05, 3.63) is 36.4 Å². The molecule has 0 aliphatic carbocycles. The van der Waals surface area contributed by atoms with Gasteiger partial charge in [0, 0.05) is 32.2 Å². The Labute approximate surface area is 82.2 Å². The Morgan fingerprint density at radius 3 is 3.07 bits per heavy atom. The van der Waals surface area contributed by atoms with Crippen LogP contribution in [-0.2, 0) is 20.1 Å². The lowest BCUT2D eigenvalue weighted by atomic mass is 10.4. The van der Waals surface area contributed by atoms with E-state index < -0.39 is 0 Å². The van der Waals surface area contributed by atoms with Crippen LogP contribution in [0.3, 0.4) is 0 Å². The number of hydrogen-bond acceptors (Lipinski definition) is 3. The molecule has 0 aliphatic rings. The minimum Gasteiger partial charge on any atom is -0.348 e. The number of imidazole rings is 2. The lowest BCUT2D eigenvalue weighted by molar-refractivity contribution is 0.638. The number of nitrogens with zero attached hydrogens (tertiary/aromatic N) is 3. The van der Waals surface area contributed by atoms with Crippen molar-refractivity contribution in [1.82, 2.24) is 24.8 Å². The molecule has 0 fully saturated rings. The highest BCUT2D eigenvalue weighted by molar-refractivity contribution is 4.97. The SMILES string of the molecule is Cn1cncc1CNCc1ncc[nH]1. The van der Waals surface area contributed by atoms with Crippen LogP contribution >= 0.6 is 0 Å². The minimum atomic E-state index is 0.748. The van der Waals surface area contributed by atoms with E-state index in [1.54, 1.807) is 12.5 Å². The second-order valence-corrected chi connectivity index (χ2v) is 3.14. The van der Waals surface area contributed by atoms with Gasteiger partial charge in [0.1, 0.15) is 5.82 Å². The smallest absolute Gasteiger partial charge is 0.120 e. The summed E-state index contributed by atoms with van der Waals surface area (Å²) >= 11 is 0. The normalized spacial score (nSPS) is 10.6. The van der Waals surface area contributed by atoms with Gasteiger partial charge in [-0.1, -0.05) is 0 Å². The van der Waals surface area contributed by atoms with Gasteiger partial charge in [-0.25, -0.2) is 9.97 Å². The molecular weight excluding hydrogens is 178 g/mol. The monoisotopic (exact) mass is 191 g/mol. The average molecular weight is 191 g/mol. The van der Waals surface area contributed by atoms with Crippen molar-refractivity contribution in [2.24, 2.45) is 7.05 Å². The zero-order valence-electron chi connectivity index (χ0n) is 8.07. The number of aromatic amines is 1. The topological polar surface area (TPSA) is 58.5 Å². The zero-order valence-corrected chi connectivity index (χ0v) is 8.07. The fraction of sp³-hybridized carbons (Fsp3) is 0.333. The van der Waals surface area contributed by atoms with Gasteiger partial charge >= 0.3 is 0 Å². The van der Waals surface area contributed by atoms with Gasteiger partial charge in [-0.3, -0.25) is 0 Å². The molecular formula is C9H13N5. The Morgan fingerprint density at radius 1 is 1.50 bits per heavy atom. The third-order valence-corrected chi connectivity index (χ3v) is 2.07. The van der Waals surface area contributed by atoms with E-state index in [1.165, 1.54) is 0 Å². The van der Waals surface area contributed by atoms with E-state index in [0.29, 0.717) is 0 Å². The van der Waals surface area contributed by atoms with E-state index in [0.717, 1.165) is 24.6 Å². The van der Waals surface area contributed by atoms with Crippen molar-refractivity contribution >= 4 is 0 Å². The summed E-state index contributed by atoms with van der Waals surface area (Å²) < 4.78 is 2.00. The molecule has 0 amide bonds. The van der Waals surface area contributed by atoms with Crippen LogP contribution in [0.25, 0.3) is 0 Å². The molecule has 74 valence electrons. The van der Waals surface area contributed by atoms with Crippen molar-refractivity contribution in [2.45, 2.75) is 13.1 Å². The maximum absolute atomic E-state index is 4.12. The standard InChI is InChI=1S/C9H13N5/c1-14-7-11-5-8(14)4-10-6-9-12-2-3-13-9/h2-3,5,7,10H,4,6H2,1H3,(H,12,13). The number of H-pyrrole nitrogens is 1. The summed E-state index contributed by atoms with van der Waals surface area (Å²) in [5.74, 6) is 0.951. The molecule has 2 aromatic rings. The lowest BCUT2D eigenvalue weighted by Gasteiger charge is -2.02. The van der Waals surface area contributed by atoms with Crippen LogP contribution in [-0.4, -0.2) is 19.5 Å². The third-order valence-electron chi connectivity index (χ3n) is 2.07. The van der Waals surface area contributed by atoms with Gasteiger partial charge in [0.15, 0.2) is 0 Å². The summed E-state index contributed by atoms with van der Waals surface area (Å²) in [5.41, 5.74) is 1.16. The second-order valence-electron chi connectivity index (χ2n) is 3.14. The molecule has 0 saturated carbocycles. The van der Waals surface area contributed by atoms with Crippen LogP contribution in [0, 0.1) is 0 Å². The number of rotatable bonds is 4. The summed E-state index contributed by atoms with van der Waals surface area (Å²) in [6.07, 6.45) is 7.22. The molecule has 0 spiro atoms. The fourth-order valence-corrected chi connectivity index (χ4v) is 1.26. The van der Waals surface area contributed by atoms with Crippen molar-refractivity contribution in [3.63, 3.8) is 0 Å². The van der Waals surface area contributed by atoms with E-state index in [9.17, 15) is 0 Å². The van der Waals surface area contributed by atoms with Crippen LogP contribution in [0.1, 0.15) is 11.5 Å². The van der Waals surface area contributed by atoms with Gasteiger partial charge < -0.3 is 14.9 Å². The summed E-state index contributed by atoms with van der Waals surface area (Å²) in [4.78, 5) is 11.2. The van der Waals surface area contributed by atoms with E-state index in [1.807, 2.05) is 24.0 Å². The molecule has 0 aromatic carbocycles. The highest BCUT2D eigenvalue weighted by atomic mass is 15.1. The van der Waals surface area contributed by atoms with Crippen LogP contribution in [0.4, 0.5) is 0 Å². The van der Waals surface area contributed by atoms with Crippen LogP contribution in [0.2, 0.25) is 0 Å². The molecule has 2 aromatic heterocycles. The Morgan fingerprint density at radius 2 is 2.43 bits per heavy atom. The third kappa shape index (κ3) is 2.00. The first-order valence-electron chi connectivity index (χ1n) is 4.50. The largest absolute Gasteiger partial charge is 0.348 e. The predicted molar refractivity (Wildman–Crippen MR) is 52.3 cm³/mol. The van der Waals surface area contributed by atoms with Crippen molar-refractivity contribution in [3.8, 4) is 0 Å². The summed E-state index contributed by atoms with van der Waals surface area (Å²) in [6.45, 7) is 1.55. The van der Waals surface area contributed by atoms with Crippen LogP contribution < -0.4 is 5.32 Å². The molecule has 0 aliphatic heterocycles. The van der Waals surface area contributed by atoms with Gasteiger partial charge in [0.2, 0.25) is 0 Å². The fourth-order valence-electron chi connectivity index (χ4n) is 1.26. The molecule has 0 radical (unpaired) electrons. The van der Waals surface area contributed by atoms with Crippen molar-refractivity contribution < 1.29 is 0 Å². The van der Waals surface area contributed by atoms with Gasteiger partial charge in [-0.2, -0.15) is 0 Å². The first-order chi connectivity index (χ1) is 6.86. The maximum Gasteiger partial charge on any atom is 0.120 e. The molecule has 2 rings (SSSR count). The van der Waals surface area contributed by atoms with Gasteiger partial charge in [0.05, 0.1) is 18.6 Å². The van der Waals surface area contributed by atoms with Gasteiger partial charge in [-0.05, 0) is 0 Å². The van der Waals surface area contributed by atoms with E-state index in [4.69, 9.17) is 0 Å². The lowest BCUT2D eigenvalue weighted by Crippen LogP contribution is -2.15. The quantitative estimate of drug-likeness (QED) is 0.737.